The molecule has 0 bridgehead atoms. The average molecular weight is 330 g/mol. The van der Waals surface area contributed by atoms with Gasteiger partial charge in [0.15, 0.2) is 30.1 Å². The van der Waals surface area contributed by atoms with E-state index < -0.39 is 36.2 Å². The standard InChI is InChI=1S/C16H26O7/c1-6-7-10(17)19-12-11(9-8-18-15(2,3)21-9)20-14-13(12)22-16(4,5)23-14/h9,11-14H,6-8H2,1-5H3/t9-,11+,12-,13+,14-/m0/s1. The highest BCUT2D eigenvalue weighted by Crippen LogP contribution is 2.42. The van der Waals surface area contributed by atoms with E-state index in [4.69, 9.17) is 28.4 Å². The zero-order valence-electron chi connectivity index (χ0n) is 14.4. The first-order chi connectivity index (χ1) is 10.7. The van der Waals surface area contributed by atoms with Crippen LogP contribution in [0.25, 0.3) is 0 Å². The van der Waals surface area contributed by atoms with Crippen LogP contribution in [0, 0.1) is 0 Å². The van der Waals surface area contributed by atoms with Gasteiger partial charge in [0.1, 0.15) is 12.2 Å². The topological polar surface area (TPSA) is 72.5 Å². The van der Waals surface area contributed by atoms with E-state index in [9.17, 15) is 4.79 Å². The highest BCUT2D eigenvalue weighted by atomic mass is 16.8. The van der Waals surface area contributed by atoms with Gasteiger partial charge >= 0.3 is 5.97 Å². The number of fused-ring (bicyclic) bond motifs is 1. The van der Waals surface area contributed by atoms with Crippen molar-refractivity contribution in [3.8, 4) is 0 Å². The lowest BCUT2D eigenvalue weighted by molar-refractivity contribution is -0.235. The number of ether oxygens (including phenoxy) is 6. The van der Waals surface area contributed by atoms with E-state index in [0.717, 1.165) is 6.42 Å². The summed E-state index contributed by atoms with van der Waals surface area (Å²) >= 11 is 0. The third-order valence-corrected chi connectivity index (χ3v) is 4.15. The van der Waals surface area contributed by atoms with Gasteiger partial charge in [0.2, 0.25) is 0 Å². The van der Waals surface area contributed by atoms with Gasteiger partial charge in [0.05, 0.1) is 6.61 Å². The summed E-state index contributed by atoms with van der Waals surface area (Å²) in [6.45, 7) is 9.62. The number of esters is 1. The second-order valence-electron chi connectivity index (χ2n) is 7.14. The quantitative estimate of drug-likeness (QED) is 0.727. The molecule has 0 unspecified atom stereocenters. The molecule has 3 aliphatic heterocycles. The molecule has 5 atom stereocenters. The first kappa shape index (κ1) is 17.1. The summed E-state index contributed by atoms with van der Waals surface area (Å²) in [7, 11) is 0. The van der Waals surface area contributed by atoms with Crippen molar-refractivity contribution in [1.82, 2.24) is 0 Å². The minimum Gasteiger partial charge on any atom is -0.456 e. The Hall–Kier alpha value is -0.730. The lowest BCUT2D eigenvalue weighted by Gasteiger charge is -2.28. The van der Waals surface area contributed by atoms with Gasteiger partial charge in [-0.05, 0) is 34.1 Å². The minimum absolute atomic E-state index is 0.266. The van der Waals surface area contributed by atoms with Gasteiger partial charge in [-0.2, -0.15) is 0 Å². The second kappa shape index (κ2) is 5.97. The van der Waals surface area contributed by atoms with E-state index in [1.54, 1.807) is 0 Å². The van der Waals surface area contributed by atoms with Crippen LogP contribution in [0.3, 0.4) is 0 Å². The molecule has 23 heavy (non-hydrogen) atoms. The summed E-state index contributed by atoms with van der Waals surface area (Å²) in [6.07, 6.45) is -1.30. The van der Waals surface area contributed by atoms with E-state index in [2.05, 4.69) is 0 Å². The van der Waals surface area contributed by atoms with E-state index in [1.807, 2.05) is 34.6 Å². The third kappa shape index (κ3) is 3.53. The zero-order valence-corrected chi connectivity index (χ0v) is 14.4. The van der Waals surface area contributed by atoms with Gasteiger partial charge in [-0.3, -0.25) is 4.79 Å². The molecule has 132 valence electrons. The van der Waals surface area contributed by atoms with Crippen molar-refractivity contribution < 1.29 is 33.2 Å². The van der Waals surface area contributed by atoms with Crippen molar-refractivity contribution in [2.24, 2.45) is 0 Å². The zero-order chi connectivity index (χ0) is 16.8. The molecule has 0 saturated carbocycles. The van der Waals surface area contributed by atoms with E-state index in [1.165, 1.54) is 0 Å². The van der Waals surface area contributed by atoms with Crippen molar-refractivity contribution in [2.45, 2.75) is 89.7 Å². The first-order valence-electron chi connectivity index (χ1n) is 8.23. The van der Waals surface area contributed by atoms with Crippen molar-refractivity contribution >= 4 is 5.97 Å². The van der Waals surface area contributed by atoms with Gasteiger partial charge in [-0.25, -0.2) is 0 Å². The molecule has 3 fully saturated rings. The molecular formula is C16H26O7. The number of hydrogen-bond donors (Lipinski definition) is 0. The molecule has 0 aromatic heterocycles. The normalized spacial score (nSPS) is 41.0. The lowest BCUT2D eigenvalue weighted by atomic mass is 10.1. The Morgan fingerprint density at radius 3 is 2.43 bits per heavy atom. The van der Waals surface area contributed by atoms with Crippen molar-refractivity contribution in [3.05, 3.63) is 0 Å². The van der Waals surface area contributed by atoms with Crippen LogP contribution in [-0.2, 0) is 33.2 Å². The Labute approximate surface area is 136 Å². The first-order valence-corrected chi connectivity index (χ1v) is 8.23. The molecule has 0 radical (unpaired) electrons. The molecule has 7 heteroatoms. The van der Waals surface area contributed by atoms with Crippen LogP contribution in [0.15, 0.2) is 0 Å². The van der Waals surface area contributed by atoms with Crippen molar-refractivity contribution in [2.75, 3.05) is 6.61 Å². The maximum atomic E-state index is 12.0. The fourth-order valence-electron chi connectivity index (χ4n) is 3.23. The highest BCUT2D eigenvalue weighted by Gasteiger charge is 2.59. The molecule has 0 N–H and O–H groups in total. The predicted molar refractivity (Wildman–Crippen MR) is 78.4 cm³/mol. The monoisotopic (exact) mass is 330 g/mol. The molecule has 3 aliphatic rings. The molecule has 3 heterocycles. The Kier molecular flexibility index (Phi) is 4.44. The molecule has 0 aliphatic carbocycles. The summed E-state index contributed by atoms with van der Waals surface area (Å²) < 4.78 is 34.7. The Bertz CT molecular complexity index is 461. The third-order valence-electron chi connectivity index (χ3n) is 4.15. The molecule has 3 rings (SSSR count). The smallest absolute Gasteiger partial charge is 0.306 e. The van der Waals surface area contributed by atoms with E-state index >= 15 is 0 Å². The molecule has 3 saturated heterocycles. The van der Waals surface area contributed by atoms with Gasteiger partial charge in [-0.15, -0.1) is 0 Å². The minimum atomic E-state index is -0.762. The second-order valence-corrected chi connectivity index (χ2v) is 7.14. The Morgan fingerprint density at radius 1 is 1.09 bits per heavy atom. The lowest BCUT2D eigenvalue weighted by Crippen LogP contribution is -2.45. The van der Waals surface area contributed by atoms with Crippen LogP contribution < -0.4 is 0 Å². The number of carbonyl (C=O) groups excluding carboxylic acids is 1. The predicted octanol–water partition coefficient (Wildman–Crippen LogP) is 1.73. The molecular weight excluding hydrogens is 304 g/mol. The molecule has 7 nitrogen and oxygen atoms in total. The largest absolute Gasteiger partial charge is 0.456 e. The van der Waals surface area contributed by atoms with Crippen LogP contribution in [-0.4, -0.2) is 54.9 Å². The molecule has 0 aromatic carbocycles. The van der Waals surface area contributed by atoms with Crippen LogP contribution in [0.5, 0.6) is 0 Å². The summed E-state index contributed by atoms with van der Waals surface area (Å²) in [5.41, 5.74) is 0. The number of hydrogen-bond acceptors (Lipinski definition) is 7. The number of carbonyl (C=O) groups is 1. The average Bonchev–Trinajstić information content (AvgIpc) is 3.01. The van der Waals surface area contributed by atoms with Crippen molar-refractivity contribution in [3.63, 3.8) is 0 Å². The summed E-state index contributed by atoms with van der Waals surface area (Å²) in [5, 5.41) is 0. The number of rotatable bonds is 4. The van der Waals surface area contributed by atoms with Crippen LogP contribution in [0.1, 0.15) is 47.5 Å². The Balaban J connectivity index is 1.75. The summed E-state index contributed by atoms with van der Waals surface area (Å²) in [4.78, 5) is 12.0. The van der Waals surface area contributed by atoms with Gasteiger partial charge in [0, 0.05) is 6.42 Å². The van der Waals surface area contributed by atoms with E-state index in [-0.39, 0.29) is 12.1 Å². The SMILES string of the molecule is CCCC(=O)O[C@@H]1[C@H]2OC(C)(C)O[C@@H]2O[C@@H]1[C@@H]1COC(C)(C)O1. The van der Waals surface area contributed by atoms with Crippen LogP contribution in [0.2, 0.25) is 0 Å². The van der Waals surface area contributed by atoms with Crippen molar-refractivity contribution in [1.29, 1.82) is 0 Å². The summed E-state index contributed by atoms with van der Waals surface area (Å²) in [6, 6.07) is 0. The molecule has 0 spiro atoms. The Morgan fingerprint density at radius 2 is 1.83 bits per heavy atom. The molecule has 0 amide bonds. The fourth-order valence-corrected chi connectivity index (χ4v) is 3.23. The highest BCUT2D eigenvalue weighted by molar-refractivity contribution is 5.69. The van der Waals surface area contributed by atoms with Gasteiger partial charge in [-0.1, -0.05) is 6.92 Å². The maximum absolute atomic E-state index is 12.0. The van der Waals surface area contributed by atoms with Crippen LogP contribution in [0.4, 0.5) is 0 Å². The van der Waals surface area contributed by atoms with Gasteiger partial charge in [0.25, 0.3) is 0 Å². The van der Waals surface area contributed by atoms with Crippen LogP contribution >= 0.6 is 0 Å². The maximum Gasteiger partial charge on any atom is 0.306 e. The van der Waals surface area contributed by atoms with E-state index in [0.29, 0.717) is 13.0 Å². The van der Waals surface area contributed by atoms with Gasteiger partial charge < -0.3 is 28.4 Å². The fraction of sp³-hybridized carbons (Fsp3) is 0.938. The molecule has 0 aromatic rings. The summed E-state index contributed by atoms with van der Waals surface area (Å²) in [5.74, 6) is -1.70.